The third-order valence-electron chi connectivity index (χ3n) is 6.24. The third-order valence-corrected chi connectivity index (χ3v) is 6.24. The number of nitrogens with zero attached hydrogens (tertiary/aromatic N) is 2. The Balaban J connectivity index is 1.50. The van der Waals surface area contributed by atoms with Gasteiger partial charge in [0.2, 0.25) is 5.91 Å². The van der Waals surface area contributed by atoms with Crippen LogP contribution in [-0.2, 0) is 33.8 Å². The molecule has 1 atom stereocenters. The van der Waals surface area contributed by atoms with E-state index in [1.807, 2.05) is 18.2 Å². The van der Waals surface area contributed by atoms with E-state index in [-0.39, 0.29) is 17.7 Å². The first-order valence-corrected chi connectivity index (χ1v) is 11.5. The van der Waals surface area contributed by atoms with Gasteiger partial charge in [-0.3, -0.25) is 4.79 Å². The van der Waals surface area contributed by atoms with Crippen molar-refractivity contribution in [1.82, 2.24) is 9.55 Å². The molecule has 0 saturated carbocycles. The number of methoxy groups -OCH3 is 1. The monoisotopic (exact) mass is 464 g/mol. The molecule has 3 aromatic rings. The quantitative estimate of drug-likeness (QED) is 0.516. The molecule has 0 radical (unpaired) electrons. The van der Waals surface area contributed by atoms with Crippen molar-refractivity contribution in [2.45, 2.75) is 45.4 Å². The molecular weight excluding hydrogens is 436 g/mol. The fourth-order valence-electron chi connectivity index (χ4n) is 4.66. The Bertz CT molecular complexity index is 1250. The molecule has 9 heteroatoms. The number of nitrogens with one attached hydrogen (secondary N) is 2. The van der Waals surface area contributed by atoms with E-state index in [1.54, 1.807) is 10.8 Å². The van der Waals surface area contributed by atoms with Crippen LogP contribution in [0.1, 0.15) is 41.4 Å². The van der Waals surface area contributed by atoms with E-state index in [0.29, 0.717) is 36.4 Å². The fraction of sp³-hybridized carbons (Fsp3) is 0.400. The van der Waals surface area contributed by atoms with Gasteiger partial charge in [-0.2, -0.15) is 0 Å². The van der Waals surface area contributed by atoms with Crippen LogP contribution in [0.15, 0.2) is 30.5 Å². The topological polar surface area (TPSA) is 104 Å². The van der Waals surface area contributed by atoms with Crippen molar-refractivity contribution < 1.29 is 23.8 Å². The molecule has 0 spiro atoms. The molecule has 4 heterocycles. The van der Waals surface area contributed by atoms with Crippen LogP contribution in [0.25, 0.3) is 11.0 Å². The molecule has 34 heavy (non-hydrogen) atoms. The number of carbonyl (C=O) groups is 2. The van der Waals surface area contributed by atoms with Gasteiger partial charge >= 0.3 is 5.97 Å². The van der Waals surface area contributed by atoms with Crippen molar-refractivity contribution in [3.05, 3.63) is 47.3 Å². The van der Waals surface area contributed by atoms with E-state index in [0.717, 1.165) is 42.9 Å². The van der Waals surface area contributed by atoms with Gasteiger partial charge in [0.1, 0.15) is 11.4 Å². The zero-order chi connectivity index (χ0) is 23.7. The fourth-order valence-corrected chi connectivity index (χ4v) is 4.66. The summed E-state index contributed by atoms with van der Waals surface area (Å²) in [5.74, 6) is 0.143. The van der Waals surface area contributed by atoms with Gasteiger partial charge in [-0.1, -0.05) is 12.1 Å². The maximum Gasteiger partial charge on any atom is 0.356 e. The van der Waals surface area contributed by atoms with Gasteiger partial charge < -0.3 is 29.4 Å². The number of benzene rings is 1. The first-order valence-electron chi connectivity index (χ1n) is 11.5. The first-order chi connectivity index (χ1) is 16.5. The van der Waals surface area contributed by atoms with Crippen LogP contribution in [0, 0.1) is 0 Å². The number of aromatic nitrogens is 2. The maximum absolute atomic E-state index is 12.8. The number of anilines is 2. The summed E-state index contributed by atoms with van der Waals surface area (Å²) in [6.07, 6.45) is 4.52. The molecule has 1 aromatic carbocycles. The van der Waals surface area contributed by atoms with Crippen molar-refractivity contribution in [3.8, 4) is 5.75 Å². The molecule has 2 aromatic heterocycles. The molecule has 1 saturated heterocycles. The normalized spacial score (nSPS) is 16.8. The van der Waals surface area contributed by atoms with Crippen molar-refractivity contribution in [2.75, 3.05) is 31.0 Å². The van der Waals surface area contributed by atoms with Gasteiger partial charge in [-0.15, -0.1) is 0 Å². The Morgan fingerprint density at radius 3 is 2.91 bits per heavy atom. The minimum Gasteiger partial charge on any atom is -0.493 e. The van der Waals surface area contributed by atoms with Crippen molar-refractivity contribution >= 4 is 34.3 Å². The molecule has 2 N–H and O–H groups in total. The van der Waals surface area contributed by atoms with E-state index in [2.05, 4.69) is 21.7 Å². The minimum absolute atomic E-state index is 0.0208. The third kappa shape index (κ3) is 4.31. The summed E-state index contributed by atoms with van der Waals surface area (Å²) in [5.41, 5.74) is 4.40. The van der Waals surface area contributed by atoms with Gasteiger partial charge in [0, 0.05) is 31.9 Å². The lowest BCUT2D eigenvalue weighted by Crippen LogP contribution is -2.21. The average molecular weight is 465 g/mol. The molecule has 1 fully saturated rings. The molecule has 2 aliphatic rings. The molecule has 0 unspecified atom stereocenters. The standard InChI is InChI=1S/C25H28N4O5/c1-15(30)28-22-20-11-18(26-12-16-5-6-21-17(10-16)7-9-34-21)13-27-24(20)29(23(22)25(31)32-2)14-19-4-3-8-33-19/h5-6,10-11,13,19,26H,3-4,7-9,12,14H2,1-2H3,(H,28,30)/t19-/m0/s1. The lowest BCUT2D eigenvalue weighted by molar-refractivity contribution is -0.114. The zero-order valence-electron chi connectivity index (χ0n) is 19.3. The Labute approximate surface area is 197 Å². The summed E-state index contributed by atoms with van der Waals surface area (Å²) in [6, 6.07) is 8.10. The predicted molar refractivity (Wildman–Crippen MR) is 127 cm³/mol. The number of fused-ring (bicyclic) bond motifs is 2. The number of carbonyl (C=O) groups excluding carboxylic acids is 2. The average Bonchev–Trinajstić information content (AvgIpc) is 3.57. The second-order valence-corrected chi connectivity index (χ2v) is 8.63. The first kappa shape index (κ1) is 22.2. The number of ether oxygens (including phenoxy) is 3. The molecule has 1 amide bonds. The predicted octanol–water partition coefficient (Wildman–Crippen LogP) is 3.51. The van der Waals surface area contributed by atoms with Crippen LogP contribution in [0.5, 0.6) is 5.75 Å². The zero-order valence-corrected chi connectivity index (χ0v) is 19.3. The smallest absolute Gasteiger partial charge is 0.356 e. The SMILES string of the molecule is COC(=O)c1c(NC(C)=O)c2cc(NCc3ccc4c(c3)CCO4)cnc2n1C[C@@H]1CCCO1. The van der Waals surface area contributed by atoms with Crippen LogP contribution in [0.3, 0.4) is 0 Å². The summed E-state index contributed by atoms with van der Waals surface area (Å²) in [4.78, 5) is 29.5. The second-order valence-electron chi connectivity index (χ2n) is 8.63. The van der Waals surface area contributed by atoms with Gasteiger partial charge in [-0.25, -0.2) is 9.78 Å². The lowest BCUT2D eigenvalue weighted by atomic mass is 10.1. The maximum atomic E-state index is 12.8. The summed E-state index contributed by atoms with van der Waals surface area (Å²) < 4.78 is 18.2. The van der Waals surface area contributed by atoms with Gasteiger partial charge in [-0.05, 0) is 36.1 Å². The molecular formula is C25H28N4O5. The summed E-state index contributed by atoms with van der Waals surface area (Å²) >= 11 is 0. The number of pyridine rings is 1. The number of hydrogen-bond donors (Lipinski definition) is 2. The molecule has 0 aliphatic carbocycles. The van der Waals surface area contributed by atoms with E-state index in [1.165, 1.54) is 19.6 Å². The highest BCUT2D eigenvalue weighted by Crippen LogP contribution is 2.34. The summed E-state index contributed by atoms with van der Waals surface area (Å²) in [5, 5.41) is 6.89. The van der Waals surface area contributed by atoms with Gasteiger partial charge in [0.05, 0.1) is 43.9 Å². The lowest BCUT2D eigenvalue weighted by Gasteiger charge is -2.14. The Morgan fingerprint density at radius 2 is 2.15 bits per heavy atom. The van der Waals surface area contributed by atoms with E-state index in [4.69, 9.17) is 14.2 Å². The van der Waals surface area contributed by atoms with Crippen LogP contribution in [0.4, 0.5) is 11.4 Å². The molecule has 2 aliphatic heterocycles. The molecule has 0 bridgehead atoms. The minimum atomic E-state index is -0.533. The summed E-state index contributed by atoms with van der Waals surface area (Å²) in [6.45, 7) is 3.90. The molecule has 9 nitrogen and oxygen atoms in total. The Morgan fingerprint density at radius 1 is 1.26 bits per heavy atom. The van der Waals surface area contributed by atoms with Crippen LogP contribution < -0.4 is 15.4 Å². The second kappa shape index (κ2) is 9.34. The largest absolute Gasteiger partial charge is 0.493 e. The number of amides is 1. The van der Waals surface area contributed by atoms with Gasteiger partial charge in [0.15, 0.2) is 5.69 Å². The Kier molecular flexibility index (Phi) is 6.10. The van der Waals surface area contributed by atoms with Crippen LogP contribution >= 0.6 is 0 Å². The number of esters is 1. The Hall–Kier alpha value is -3.59. The van der Waals surface area contributed by atoms with Gasteiger partial charge in [0.25, 0.3) is 0 Å². The highest BCUT2D eigenvalue weighted by atomic mass is 16.5. The number of rotatable bonds is 7. The van der Waals surface area contributed by atoms with Crippen molar-refractivity contribution in [1.29, 1.82) is 0 Å². The van der Waals surface area contributed by atoms with Crippen molar-refractivity contribution in [3.63, 3.8) is 0 Å². The molecule has 5 rings (SSSR count). The molecule has 178 valence electrons. The highest BCUT2D eigenvalue weighted by molar-refractivity contribution is 6.11. The highest BCUT2D eigenvalue weighted by Gasteiger charge is 2.28. The van der Waals surface area contributed by atoms with Crippen molar-refractivity contribution in [2.24, 2.45) is 0 Å². The summed E-state index contributed by atoms with van der Waals surface area (Å²) in [7, 11) is 1.33. The van der Waals surface area contributed by atoms with Crippen LogP contribution in [-0.4, -0.2) is 47.9 Å². The van der Waals surface area contributed by atoms with Crippen LogP contribution in [0.2, 0.25) is 0 Å². The van der Waals surface area contributed by atoms with E-state index >= 15 is 0 Å². The van der Waals surface area contributed by atoms with E-state index < -0.39 is 5.97 Å². The van der Waals surface area contributed by atoms with E-state index in [9.17, 15) is 9.59 Å². The number of hydrogen-bond acceptors (Lipinski definition) is 7.